The second kappa shape index (κ2) is 33.8. The van der Waals surface area contributed by atoms with Crippen LogP contribution in [0.5, 0.6) is 0 Å². The summed E-state index contributed by atoms with van der Waals surface area (Å²) in [5.41, 5.74) is 30.1. The molecule has 0 nitrogen and oxygen atoms in total. The maximum absolute atomic E-state index is 6.19. The molecular weight excluding hydrogens is 1230 g/mol. The third-order valence-corrected chi connectivity index (χ3v) is 22.5. The first kappa shape index (κ1) is 79.3. The molecule has 0 bridgehead atoms. The van der Waals surface area contributed by atoms with Gasteiger partial charge in [0.25, 0.3) is 0 Å². The van der Waals surface area contributed by atoms with Crippen LogP contribution in [0.15, 0.2) is 0 Å². The van der Waals surface area contributed by atoms with Crippen LogP contribution >= 0.6 is 0 Å². The Hall–Kier alpha value is -10.4. The number of terminal acetylenes is 2. The van der Waals surface area contributed by atoms with Crippen molar-refractivity contribution in [1.82, 2.24) is 0 Å². The van der Waals surface area contributed by atoms with Crippen LogP contribution in [0.4, 0.5) is 0 Å². The van der Waals surface area contributed by atoms with Gasteiger partial charge in [0.1, 0.15) is 15.0 Å². The second-order valence-corrected chi connectivity index (χ2v) is 28.7. The molecule has 0 unspecified atom stereocenters. The molecule has 8 rings (SSSR count). The monoisotopic (exact) mass is 1310 g/mol. The lowest BCUT2D eigenvalue weighted by atomic mass is 8.67. The maximum atomic E-state index is 6.19. The van der Waals surface area contributed by atoms with E-state index < -0.39 is 0 Å². The highest BCUT2D eigenvalue weighted by Crippen LogP contribution is 2.55. The third kappa shape index (κ3) is 14.0. The molecule has 0 spiro atoms. The summed E-state index contributed by atoms with van der Waals surface area (Å²) >= 11 is 0. The first-order valence-corrected chi connectivity index (χ1v) is 36.5. The summed E-state index contributed by atoms with van der Waals surface area (Å²) in [4.78, 5) is 0. The Labute approximate surface area is 638 Å². The molecule has 0 amide bonds. The predicted octanol–water partition coefficient (Wildman–Crippen LogP) is 0.538. The lowest BCUT2D eigenvalue weighted by Crippen LogP contribution is -2.72. The quantitative estimate of drug-likeness (QED) is 0.0814. The fourth-order valence-electron chi connectivity index (χ4n) is 17.1. The van der Waals surface area contributed by atoms with Crippen LogP contribution in [0.1, 0.15) is 139 Å². The van der Waals surface area contributed by atoms with E-state index in [1.807, 2.05) is 6.92 Å². The Morgan fingerprint density at radius 2 is 0.654 bits per heavy atom. The van der Waals surface area contributed by atoms with E-state index in [4.69, 9.17) is 12.8 Å². The normalized spacial score (nSPS) is 9.58. The van der Waals surface area contributed by atoms with Gasteiger partial charge in [0.05, 0.1) is 99.3 Å². The van der Waals surface area contributed by atoms with Gasteiger partial charge in [0.15, 0.2) is 0 Å². The molecule has 0 aliphatic rings. The Morgan fingerprint density at radius 3 is 1.12 bits per heavy atom. The van der Waals surface area contributed by atoms with Crippen molar-refractivity contribution in [2.45, 2.75) is 125 Å². The number of hydrogen-bond donors (Lipinski definition) is 0. The molecule has 0 saturated carbocycles. The first-order valence-electron chi connectivity index (χ1n) is 36.5. The summed E-state index contributed by atoms with van der Waals surface area (Å²) in [6, 6.07) is 0. The fraction of sp³-hybridized carbons (Fsp3) is 0.209. The highest BCUT2D eigenvalue weighted by Gasteiger charge is 2.40. The van der Waals surface area contributed by atoms with Crippen molar-refractivity contribution in [2.75, 3.05) is 0 Å². The maximum Gasteiger partial charge on any atom is 0.139 e. The predicted molar refractivity (Wildman–Crippen MR) is 500 cm³/mol. The third-order valence-electron chi connectivity index (χ3n) is 22.5. The number of aryl methyl sites for hydroxylation is 8. The van der Waals surface area contributed by atoms with Gasteiger partial charge in [0, 0.05) is 71.0 Å². The first-order chi connectivity index (χ1) is 49.6. The molecule has 0 heterocycles. The van der Waals surface area contributed by atoms with E-state index in [0.717, 1.165) is 96.4 Å². The minimum absolute atomic E-state index is 0.322. The summed E-state index contributed by atoms with van der Waals surface area (Å²) in [5, 5.41) is 10.4. The van der Waals surface area contributed by atoms with E-state index in [9.17, 15) is 0 Å². The van der Waals surface area contributed by atoms with Crippen LogP contribution in [0.3, 0.4) is 0 Å². The van der Waals surface area contributed by atoms with E-state index >= 15 is 0 Å². The molecule has 0 aromatic heterocycles. The SMILES string of the molecule is BBB(B)B(B(B)B)c1c(B(B(B)B)B(B)B)c(C)c(C)c2c(C)c(-c3c4c(C)c(C)c(C)c(C)c4c(-c4c(C#CC#CC#CC)c(C#CC#CC#C)c(C#CC#CC)c5c4c(C#CC#CC#CC#CC)c(C)c4c(C)c(C)c(C#CC)c(C#CC#C)c45)c4c(C)c(C)c(C)c(C)c34)c(BB)c(B)c12. The van der Waals surface area contributed by atoms with Gasteiger partial charge in [-0.15, -0.1) is 24.2 Å². The van der Waals surface area contributed by atoms with Gasteiger partial charge in [-0.2, -0.15) is 0 Å². The van der Waals surface area contributed by atoms with Crippen LogP contribution in [0.2, 0.25) is 0 Å². The van der Waals surface area contributed by atoms with E-state index in [0.29, 0.717) is 71.7 Å². The second-order valence-electron chi connectivity index (χ2n) is 28.7. The summed E-state index contributed by atoms with van der Waals surface area (Å²) < 4.78 is 0. The van der Waals surface area contributed by atoms with Crippen LogP contribution in [-0.2, 0) is 0 Å². The van der Waals surface area contributed by atoms with Gasteiger partial charge in [-0.05, 0) is 358 Å². The molecule has 8 aromatic rings. The summed E-state index contributed by atoms with van der Waals surface area (Å²) in [7, 11) is 26.3. The summed E-state index contributed by atoms with van der Waals surface area (Å²) in [5.74, 6) is 87.8. The standard InChI is InChI=1S/C86H78B18/c1-21-27-32-35-36-38-41-45-64-61(19)69-58(16)53(11)63(43-26-6)66(44-31-25-5)77(69)78-67(47-39-30-24-4)65(46-40-34-29-23-3)68(48-42-37-33-28-22-2)79(76(64)78)81-73-56(14)51(9)49(7)54(12)71(73)80(72-55(13)50(8)52(10)57(15)74(72)81)75-62(20)70-59(17)60(18)85(99(101(90)91)102(92)93)86(82(70)83(87)84(75)97-88)100(103(94)95)104(96)98-89/h3,5,97-98H,87-96H2,1-2,4,6-20H3. The van der Waals surface area contributed by atoms with Crippen LogP contribution < -0.4 is 21.9 Å². The van der Waals surface area contributed by atoms with E-state index in [1.165, 1.54) is 82.9 Å². The number of hydrogen-bond acceptors (Lipinski definition) is 0. The van der Waals surface area contributed by atoms with Crippen molar-refractivity contribution in [1.29, 1.82) is 0 Å². The van der Waals surface area contributed by atoms with Crippen LogP contribution in [0.25, 0.3) is 76.1 Å². The molecule has 0 saturated heterocycles. The fourth-order valence-corrected chi connectivity index (χ4v) is 17.1. The van der Waals surface area contributed by atoms with E-state index in [2.05, 4.69) is 340 Å². The molecule has 0 atom stereocenters. The van der Waals surface area contributed by atoms with Gasteiger partial charge >= 0.3 is 0 Å². The topological polar surface area (TPSA) is 0 Å². The van der Waals surface area contributed by atoms with Gasteiger partial charge in [-0.3, -0.25) is 0 Å². The van der Waals surface area contributed by atoms with Crippen molar-refractivity contribution in [2.24, 2.45) is 0 Å². The van der Waals surface area contributed by atoms with E-state index in [1.54, 1.807) is 31.7 Å². The zero-order chi connectivity index (χ0) is 76.6. The molecule has 18 heteroatoms. The summed E-state index contributed by atoms with van der Waals surface area (Å²) in [6.07, 6.45) is 13.8. The molecule has 104 heavy (non-hydrogen) atoms. The molecule has 8 aromatic carbocycles. The van der Waals surface area contributed by atoms with Crippen molar-refractivity contribution < 1.29 is 0 Å². The van der Waals surface area contributed by atoms with Gasteiger partial charge in [-0.25, -0.2) is 0 Å². The smallest absolute Gasteiger partial charge is 0.106 e. The van der Waals surface area contributed by atoms with Crippen molar-refractivity contribution in [3.63, 3.8) is 0 Å². The molecule has 0 N–H and O–H groups in total. The zero-order valence-electron chi connectivity index (χ0n) is 67.0. The van der Waals surface area contributed by atoms with Crippen LogP contribution in [-0.4, -0.2) is 130 Å². The molecular formula is C86H78B18. The number of fused-ring (bicyclic) bond motifs is 6. The molecule has 0 radical (unpaired) electrons. The van der Waals surface area contributed by atoms with Crippen molar-refractivity contribution >= 4 is 206 Å². The zero-order valence-corrected chi connectivity index (χ0v) is 67.0. The lowest BCUT2D eigenvalue weighted by molar-refractivity contribution is 1.24. The average molecular weight is 1310 g/mol. The van der Waals surface area contributed by atoms with Crippen LogP contribution in [0, 0.1) is 276 Å². The Balaban J connectivity index is 1.99. The van der Waals surface area contributed by atoms with Gasteiger partial charge < -0.3 is 0 Å². The Kier molecular flexibility index (Phi) is 25.8. The lowest BCUT2D eigenvalue weighted by Gasteiger charge is -2.36. The molecule has 0 aliphatic heterocycles. The summed E-state index contributed by atoms with van der Waals surface area (Å²) in [6.45, 7) is 40.0. The Bertz CT molecular complexity index is 6100. The molecule has 0 fully saturated rings. The number of rotatable bonds is 10. The van der Waals surface area contributed by atoms with Gasteiger partial charge in [0.2, 0.25) is 0 Å². The van der Waals surface area contributed by atoms with E-state index in [-0.39, 0.29) is 0 Å². The van der Waals surface area contributed by atoms with Gasteiger partial charge in [-0.1, -0.05) is 75.2 Å². The van der Waals surface area contributed by atoms with Crippen molar-refractivity contribution in [3.05, 3.63) is 111 Å². The number of benzene rings is 8. The minimum atomic E-state index is 0.322. The largest absolute Gasteiger partial charge is 0.139 e. The highest BCUT2D eigenvalue weighted by molar-refractivity contribution is 7.89. The molecule has 476 valence electrons. The average Bonchev–Trinajstić information content (AvgIpc) is 0.681. The minimum Gasteiger partial charge on any atom is -0.106 e. The highest BCUT2D eigenvalue weighted by atomic mass is 14.4. The van der Waals surface area contributed by atoms with Crippen molar-refractivity contribution in [3.8, 4) is 201 Å². The molecule has 0 aliphatic carbocycles. The Morgan fingerprint density at radius 1 is 0.279 bits per heavy atom.